The van der Waals surface area contributed by atoms with Gasteiger partial charge in [0, 0.05) is 0 Å². The van der Waals surface area contributed by atoms with Gasteiger partial charge in [-0.2, -0.15) is 0 Å². The van der Waals surface area contributed by atoms with Crippen LogP contribution in [0.4, 0.5) is 9.52 Å². The van der Waals surface area contributed by atoms with Crippen molar-refractivity contribution in [1.82, 2.24) is 4.98 Å². The highest BCUT2D eigenvalue weighted by Gasteiger charge is 2.46. The second-order valence-electron chi connectivity index (χ2n) is 7.26. The number of fused-ring (bicyclic) bond motifs is 1. The number of hydrogen-bond donors (Lipinski definition) is 1. The zero-order valence-corrected chi connectivity index (χ0v) is 19.0. The van der Waals surface area contributed by atoms with Crippen LogP contribution < -0.4 is 9.64 Å². The number of thiophene rings is 1. The predicted octanol–water partition coefficient (Wildman–Crippen LogP) is 5.68. The average molecular weight is 481 g/mol. The standard InChI is InChI=1S/C24H17FN2O4S2/c1-2-31-15-8-9-16-18(12-15)33-24(26-16)27-20(13-5-3-6-14(25)11-13)19(22(29)23(27)30)21(28)17-7-4-10-32-17/h3-12,20,29H,2H2,1H3. The molecule has 166 valence electrons. The number of ether oxygens (including phenoxy) is 1. The third kappa shape index (κ3) is 3.69. The highest BCUT2D eigenvalue weighted by atomic mass is 32.1. The monoisotopic (exact) mass is 480 g/mol. The molecule has 0 aliphatic carbocycles. The van der Waals surface area contributed by atoms with Crippen molar-refractivity contribution in [1.29, 1.82) is 0 Å². The van der Waals surface area contributed by atoms with Gasteiger partial charge in [0.2, 0.25) is 5.78 Å². The van der Waals surface area contributed by atoms with Crippen molar-refractivity contribution >= 4 is 49.7 Å². The van der Waals surface area contributed by atoms with E-state index < -0.39 is 29.3 Å². The number of benzene rings is 2. The minimum Gasteiger partial charge on any atom is -0.503 e. The van der Waals surface area contributed by atoms with Gasteiger partial charge in [0.1, 0.15) is 11.6 Å². The summed E-state index contributed by atoms with van der Waals surface area (Å²) in [5.74, 6) is -1.73. The zero-order chi connectivity index (χ0) is 23.1. The maximum Gasteiger partial charge on any atom is 0.296 e. The Morgan fingerprint density at radius 3 is 2.79 bits per heavy atom. The number of carbonyl (C=O) groups excluding carboxylic acids is 2. The van der Waals surface area contributed by atoms with Crippen LogP contribution in [-0.4, -0.2) is 28.4 Å². The van der Waals surface area contributed by atoms with E-state index in [9.17, 15) is 19.1 Å². The number of aliphatic hydroxyl groups is 1. The van der Waals surface area contributed by atoms with Crippen molar-refractivity contribution in [3.8, 4) is 5.75 Å². The van der Waals surface area contributed by atoms with Crippen LogP contribution in [0.25, 0.3) is 10.2 Å². The van der Waals surface area contributed by atoms with Crippen molar-refractivity contribution in [2.24, 2.45) is 0 Å². The topological polar surface area (TPSA) is 79.7 Å². The summed E-state index contributed by atoms with van der Waals surface area (Å²) < 4.78 is 20.5. The lowest BCUT2D eigenvalue weighted by molar-refractivity contribution is -0.117. The van der Waals surface area contributed by atoms with Gasteiger partial charge < -0.3 is 9.84 Å². The number of nitrogens with zero attached hydrogens (tertiary/aromatic N) is 2. The van der Waals surface area contributed by atoms with Crippen LogP contribution in [0.15, 0.2) is 71.3 Å². The summed E-state index contributed by atoms with van der Waals surface area (Å²) in [6.45, 7) is 2.39. The smallest absolute Gasteiger partial charge is 0.296 e. The van der Waals surface area contributed by atoms with Crippen molar-refractivity contribution < 1.29 is 23.8 Å². The molecule has 33 heavy (non-hydrogen) atoms. The molecule has 9 heteroatoms. The quantitative estimate of drug-likeness (QED) is 0.359. The molecule has 1 aliphatic rings. The minimum absolute atomic E-state index is 0.0951. The minimum atomic E-state index is -1.02. The van der Waals surface area contributed by atoms with E-state index in [1.807, 2.05) is 13.0 Å². The van der Waals surface area contributed by atoms with Gasteiger partial charge in [0.25, 0.3) is 5.91 Å². The fourth-order valence-corrected chi connectivity index (χ4v) is 5.52. The van der Waals surface area contributed by atoms with E-state index in [0.717, 1.165) is 4.70 Å². The summed E-state index contributed by atoms with van der Waals surface area (Å²) in [7, 11) is 0. The Kier molecular flexibility index (Phi) is 5.43. The molecule has 1 aliphatic heterocycles. The van der Waals surface area contributed by atoms with Gasteiger partial charge in [-0.15, -0.1) is 11.3 Å². The van der Waals surface area contributed by atoms with Gasteiger partial charge in [-0.3, -0.25) is 14.5 Å². The molecule has 6 nitrogen and oxygen atoms in total. The summed E-state index contributed by atoms with van der Waals surface area (Å²) in [6, 6.07) is 13.4. The number of aliphatic hydroxyl groups excluding tert-OH is 1. The first kappa shape index (κ1) is 21.3. The van der Waals surface area contributed by atoms with Gasteiger partial charge in [-0.1, -0.05) is 29.5 Å². The van der Waals surface area contributed by atoms with E-state index in [2.05, 4.69) is 4.98 Å². The van der Waals surface area contributed by atoms with Crippen molar-refractivity contribution in [2.45, 2.75) is 13.0 Å². The van der Waals surface area contributed by atoms with Crippen LogP contribution in [-0.2, 0) is 4.79 Å². The van der Waals surface area contributed by atoms with E-state index >= 15 is 0 Å². The zero-order valence-electron chi connectivity index (χ0n) is 17.3. The van der Waals surface area contributed by atoms with Gasteiger partial charge in [0.05, 0.1) is 33.3 Å². The molecule has 0 spiro atoms. The lowest BCUT2D eigenvalue weighted by Crippen LogP contribution is -2.31. The molecule has 0 saturated carbocycles. The van der Waals surface area contributed by atoms with Crippen LogP contribution in [0, 0.1) is 5.82 Å². The number of halogens is 1. The third-order valence-corrected chi connectivity index (χ3v) is 7.11. The number of hydrogen-bond acceptors (Lipinski definition) is 7. The van der Waals surface area contributed by atoms with E-state index in [-0.39, 0.29) is 5.57 Å². The van der Waals surface area contributed by atoms with E-state index in [1.54, 1.807) is 35.7 Å². The fraction of sp³-hybridized carbons (Fsp3) is 0.125. The first-order chi connectivity index (χ1) is 16.0. The molecule has 0 bridgehead atoms. The number of thiazole rings is 1. The second-order valence-corrected chi connectivity index (χ2v) is 9.22. The average Bonchev–Trinajstić information content (AvgIpc) is 3.52. The summed E-state index contributed by atoms with van der Waals surface area (Å²) in [4.78, 5) is 32.7. The molecule has 1 unspecified atom stereocenters. The molecule has 4 aromatic rings. The Morgan fingerprint density at radius 2 is 2.06 bits per heavy atom. The molecule has 1 amide bonds. The summed E-state index contributed by atoms with van der Waals surface area (Å²) in [5, 5.41) is 12.8. The lowest BCUT2D eigenvalue weighted by atomic mass is 9.95. The van der Waals surface area contributed by atoms with Crippen LogP contribution in [0.2, 0.25) is 0 Å². The molecule has 3 heterocycles. The molecule has 1 N–H and O–H groups in total. The van der Waals surface area contributed by atoms with Gasteiger partial charge >= 0.3 is 0 Å². The first-order valence-electron chi connectivity index (χ1n) is 10.1. The Morgan fingerprint density at radius 1 is 1.21 bits per heavy atom. The number of aromatic nitrogens is 1. The predicted molar refractivity (Wildman–Crippen MR) is 126 cm³/mol. The van der Waals surface area contributed by atoms with Crippen molar-refractivity contribution in [2.75, 3.05) is 11.5 Å². The molecule has 0 saturated heterocycles. The van der Waals surface area contributed by atoms with Gasteiger partial charge in [-0.05, 0) is 54.3 Å². The molecule has 5 rings (SSSR count). The number of Topliss-reactive ketones (excluding diaryl/α,β-unsaturated/α-hetero) is 1. The first-order valence-corrected chi connectivity index (χ1v) is 11.8. The Hall–Kier alpha value is -3.56. The Bertz CT molecular complexity index is 1410. The summed E-state index contributed by atoms with van der Waals surface area (Å²) in [6.07, 6.45) is 0. The normalized spacial score (nSPS) is 16.1. The molecular weight excluding hydrogens is 463 g/mol. The summed E-state index contributed by atoms with van der Waals surface area (Å²) in [5.41, 5.74) is 0.908. The van der Waals surface area contributed by atoms with Crippen LogP contribution in [0.3, 0.4) is 0 Å². The van der Waals surface area contributed by atoms with Crippen molar-refractivity contribution in [3.05, 3.63) is 87.6 Å². The lowest BCUT2D eigenvalue weighted by Gasteiger charge is -2.24. The highest BCUT2D eigenvalue weighted by molar-refractivity contribution is 7.22. The molecule has 2 aromatic carbocycles. The molecule has 0 radical (unpaired) electrons. The number of amides is 1. The molecule has 0 fully saturated rings. The second kappa shape index (κ2) is 8.42. The fourth-order valence-electron chi connectivity index (χ4n) is 3.82. The Balaban J connectivity index is 1.65. The SMILES string of the molecule is CCOc1ccc2nc(N3C(=O)C(O)=C(C(=O)c4cccs4)C3c3cccc(F)c3)sc2c1. The Labute approximate surface area is 196 Å². The van der Waals surface area contributed by atoms with E-state index in [4.69, 9.17) is 4.74 Å². The number of rotatable bonds is 6. The third-order valence-electron chi connectivity index (χ3n) is 5.23. The van der Waals surface area contributed by atoms with Gasteiger partial charge in [-0.25, -0.2) is 9.37 Å². The largest absolute Gasteiger partial charge is 0.503 e. The highest BCUT2D eigenvalue weighted by Crippen LogP contribution is 2.44. The van der Waals surface area contributed by atoms with E-state index in [0.29, 0.717) is 33.4 Å². The maximum absolute atomic E-state index is 14.1. The molecule has 2 aromatic heterocycles. The number of ketones is 1. The van der Waals surface area contributed by atoms with Crippen LogP contribution in [0.1, 0.15) is 28.2 Å². The maximum atomic E-state index is 14.1. The molecular formula is C24H17FN2O4S2. The van der Waals surface area contributed by atoms with Crippen LogP contribution >= 0.6 is 22.7 Å². The number of anilines is 1. The molecule has 1 atom stereocenters. The van der Waals surface area contributed by atoms with Crippen molar-refractivity contribution in [3.63, 3.8) is 0 Å². The van der Waals surface area contributed by atoms with Gasteiger partial charge in [0.15, 0.2) is 10.9 Å². The summed E-state index contributed by atoms with van der Waals surface area (Å²) >= 11 is 2.43. The van der Waals surface area contributed by atoms with E-state index in [1.165, 1.54) is 45.8 Å². The number of carbonyl (C=O) groups is 2. The van der Waals surface area contributed by atoms with Crippen LogP contribution in [0.5, 0.6) is 5.75 Å².